The number of hydrogen-bond acceptors (Lipinski definition) is 4. The summed E-state index contributed by atoms with van der Waals surface area (Å²) in [4.78, 5) is 9.63. The Bertz CT molecular complexity index is 1400. The number of aliphatic imine (C=N–C) groups is 2. The first-order valence-electron chi connectivity index (χ1n) is 13.4. The predicted octanol–water partition coefficient (Wildman–Crippen LogP) is 8.77. The Hall–Kier alpha value is -3.92. The number of phenols is 2. The van der Waals surface area contributed by atoms with Crippen LogP contribution in [0, 0.1) is 25.7 Å². The molecule has 0 spiro atoms. The normalized spacial score (nSPS) is 12.1. The van der Waals surface area contributed by atoms with E-state index in [9.17, 15) is 10.2 Å². The molecule has 4 heteroatoms. The standard InChI is InChI=1S/C34H38N2O2/c1-21(2)13-25-15-23(5)33(37)28(17-25)19-35-30-11-7-9-27-10-8-12-31(32(27)30)36-20-29-18-26(14-22(3)4)16-24(6)34(29)38/h7-12,15-22,37-38H,13-14H2,1-6H3. The van der Waals surface area contributed by atoms with E-state index in [2.05, 4.69) is 27.7 Å². The molecule has 0 saturated heterocycles. The number of aromatic hydroxyl groups is 2. The second-order valence-corrected chi connectivity index (χ2v) is 11.1. The smallest absolute Gasteiger partial charge is 0.127 e. The zero-order valence-electron chi connectivity index (χ0n) is 23.3. The molecule has 4 aromatic rings. The van der Waals surface area contributed by atoms with Gasteiger partial charge < -0.3 is 10.2 Å². The number of rotatable bonds is 8. The Kier molecular flexibility index (Phi) is 8.31. The first-order valence-corrected chi connectivity index (χ1v) is 13.4. The van der Waals surface area contributed by atoms with Crippen LogP contribution in [0.25, 0.3) is 10.8 Å². The minimum atomic E-state index is 0.256. The maximum atomic E-state index is 10.7. The molecule has 0 heterocycles. The van der Waals surface area contributed by atoms with E-state index >= 15 is 0 Å². The highest BCUT2D eigenvalue weighted by molar-refractivity contribution is 6.04. The predicted molar refractivity (Wildman–Crippen MR) is 161 cm³/mol. The molecule has 4 rings (SSSR count). The summed E-state index contributed by atoms with van der Waals surface area (Å²) in [5.74, 6) is 1.56. The Labute approximate surface area is 226 Å². The molecule has 0 aliphatic rings. The Morgan fingerprint density at radius 2 is 1.08 bits per heavy atom. The molecule has 0 bridgehead atoms. The first-order chi connectivity index (χ1) is 18.1. The molecule has 0 saturated carbocycles. The van der Waals surface area contributed by atoms with Crippen LogP contribution in [0.2, 0.25) is 0 Å². The van der Waals surface area contributed by atoms with Gasteiger partial charge in [0.1, 0.15) is 11.5 Å². The van der Waals surface area contributed by atoms with E-state index < -0.39 is 0 Å². The van der Waals surface area contributed by atoms with Crippen LogP contribution < -0.4 is 0 Å². The van der Waals surface area contributed by atoms with E-state index in [0.29, 0.717) is 23.0 Å². The highest BCUT2D eigenvalue weighted by Gasteiger charge is 2.10. The molecule has 0 atom stereocenters. The molecule has 4 aromatic carbocycles. The van der Waals surface area contributed by atoms with Crippen LogP contribution in [0.4, 0.5) is 11.4 Å². The fourth-order valence-electron chi connectivity index (χ4n) is 4.94. The molecule has 38 heavy (non-hydrogen) atoms. The van der Waals surface area contributed by atoms with Crippen molar-refractivity contribution in [2.75, 3.05) is 0 Å². The third-order valence-corrected chi connectivity index (χ3v) is 6.61. The van der Waals surface area contributed by atoms with Gasteiger partial charge in [-0.3, -0.25) is 9.98 Å². The topological polar surface area (TPSA) is 65.2 Å². The van der Waals surface area contributed by atoms with E-state index in [-0.39, 0.29) is 11.5 Å². The van der Waals surface area contributed by atoms with E-state index in [1.807, 2.05) is 74.5 Å². The van der Waals surface area contributed by atoms with Gasteiger partial charge in [-0.15, -0.1) is 0 Å². The third kappa shape index (κ3) is 6.31. The van der Waals surface area contributed by atoms with Gasteiger partial charge in [0.05, 0.1) is 11.4 Å². The van der Waals surface area contributed by atoms with E-state index in [1.165, 1.54) is 11.1 Å². The number of benzene rings is 4. The molecule has 0 aliphatic carbocycles. The van der Waals surface area contributed by atoms with Crippen molar-refractivity contribution in [1.29, 1.82) is 0 Å². The summed E-state index contributed by atoms with van der Waals surface area (Å²) >= 11 is 0. The van der Waals surface area contributed by atoms with Gasteiger partial charge in [-0.2, -0.15) is 0 Å². The van der Waals surface area contributed by atoms with Crippen molar-refractivity contribution >= 4 is 34.6 Å². The van der Waals surface area contributed by atoms with Crippen molar-refractivity contribution in [1.82, 2.24) is 0 Å². The molecular weight excluding hydrogens is 468 g/mol. The Morgan fingerprint density at radius 3 is 1.47 bits per heavy atom. The molecule has 0 radical (unpaired) electrons. The van der Waals surface area contributed by atoms with E-state index in [0.717, 1.165) is 46.1 Å². The SMILES string of the molecule is Cc1cc(CC(C)C)cc(C=Nc2cccc3cccc(N=Cc4cc(CC(C)C)cc(C)c4O)c23)c1O. The number of fused-ring (bicyclic) bond motifs is 1. The second kappa shape index (κ2) is 11.6. The summed E-state index contributed by atoms with van der Waals surface area (Å²) in [6, 6.07) is 20.1. The molecule has 2 N–H and O–H groups in total. The molecule has 0 amide bonds. The lowest BCUT2D eigenvalue weighted by Gasteiger charge is -2.11. The van der Waals surface area contributed by atoms with Crippen molar-refractivity contribution < 1.29 is 10.2 Å². The van der Waals surface area contributed by atoms with Crippen LogP contribution >= 0.6 is 0 Å². The molecule has 0 unspecified atom stereocenters. The first kappa shape index (κ1) is 27.1. The fourth-order valence-corrected chi connectivity index (χ4v) is 4.94. The van der Waals surface area contributed by atoms with Crippen LogP contribution in [-0.4, -0.2) is 22.6 Å². The van der Waals surface area contributed by atoms with Gasteiger partial charge in [0.25, 0.3) is 0 Å². The molecular formula is C34H38N2O2. The molecule has 0 fully saturated rings. The summed E-state index contributed by atoms with van der Waals surface area (Å²) in [7, 11) is 0. The third-order valence-electron chi connectivity index (χ3n) is 6.61. The summed E-state index contributed by atoms with van der Waals surface area (Å²) in [6.45, 7) is 12.6. The monoisotopic (exact) mass is 506 g/mol. The summed E-state index contributed by atoms with van der Waals surface area (Å²) in [6.07, 6.45) is 5.37. The van der Waals surface area contributed by atoms with Gasteiger partial charge in [-0.05, 0) is 90.4 Å². The molecule has 0 aliphatic heterocycles. The van der Waals surface area contributed by atoms with Crippen LogP contribution in [0.3, 0.4) is 0 Å². The van der Waals surface area contributed by atoms with Gasteiger partial charge in [0.2, 0.25) is 0 Å². The minimum absolute atomic E-state index is 0.256. The van der Waals surface area contributed by atoms with Crippen molar-refractivity contribution in [3.63, 3.8) is 0 Å². The lowest BCUT2D eigenvalue weighted by molar-refractivity contribution is 0.469. The van der Waals surface area contributed by atoms with Crippen LogP contribution in [0.15, 0.2) is 70.6 Å². The van der Waals surface area contributed by atoms with E-state index in [4.69, 9.17) is 9.98 Å². The number of aryl methyl sites for hydroxylation is 2. The van der Waals surface area contributed by atoms with Gasteiger partial charge in [0, 0.05) is 28.9 Å². The lowest BCUT2D eigenvalue weighted by Crippen LogP contribution is -1.97. The fraction of sp³-hybridized carbons (Fsp3) is 0.294. The van der Waals surface area contributed by atoms with Crippen molar-refractivity contribution in [2.24, 2.45) is 21.8 Å². The second-order valence-electron chi connectivity index (χ2n) is 11.1. The molecule has 4 nitrogen and oxygen atoms in total. The Morgan fingerprint density at radius 1 is 0.658 bits per heavy atom. The number of phenolic OH excluding ortho intramolecular Hbond substituents is 2. The van der Waals surface area contributed by atoms with Gasteiger partial charge in [-0.1, -0.05) is 64.1 Å². The minimum Gasteiger partial charge on any atom is -0.507 e. The highest BCUT2D eigenvalue weighted by Crippen LogP contribution is 2.35. The maximum Gasteiger partial charge on any atom is 0.127 e. The largest absolute Gasteiger partial charge is 0.507 e. The van der Waals surface area contributed by atoms with Crippen LogP contribution in [-0.2, 0) is 12.8 Å². The van der Waals surface area contributed by atoms with Gasteiger partial charge >= 0.3 is 0 Å². The molecule has 0 aromatic heterocycles. The van der Waals surface area contributed by atoms with Crippen molar-refractivity contribution in [3.8, 4) is 11.5 Å². The number of nitrogens with zero attached hydrogens (tertiary/aromatic N) is 2. The summed E-state index contributed by atoms with van der Waals surface area (Å²) in [5, 5.41) is 23.3. The lowest BCUT2D eigenvalue weighted by atomic mass is 9.98. The van der Waals surface area contributed by atoms with E-state index in [1.54, 1.807) is 12.4 Å². The van der Waals surface area contributed by atoms with Crippen LogP contribution in [0.5, 0.6) is 11.5 Å². The summed E-state index contributed by atoms with van der Waals surface area (Å²) in [5.41, 5.74) is 7.04. The average molecular weight is 507 g/mol. The quantitative estimate of drug-likeness (QED) is 0.235. The van der Waals surface area contributed by atoms with Gasteiger partial charge in [-0.25, -0.2) is 0 Å². The average Bonchev–Trinajstić information content (AvgIpc) is 2.85. The van der Waals surface area contributed by atoms with Gasteiger partial charge in [0.15, 0.2) is 0 Å². The van der Waals surface area contributed by atoms with Crippen molar-refractivity contribution in [2.45, 2.75) is 54.4 Å². The summed E-state index contributed by atoms with van der Waals surface area (Å²) < 4.78 is 0. The highest BCUT2D eigenvalue weighted by atomic mass is 16.3. The zero-order valence-corrected chi connectivity index (χ0v) is 23.3. The van der Waals surface area contributed by atoms with Crippen molar-refractivity contribution in [3.05, 3.63) is 94.0 Å². The number of hydrogen-bond donors (Lipinski definition) is 2. The zero-order chi connectivity index (χ0) is 27.4. The maximum absolute atomic E-state index is 10.7. The molecule has 196 valence electrons. The van der Waals surface area contributed by atoms with Crippen LogP contribution in [0.1, 0.15) is 61.1 Å². The Balaban J connectivity index is 1.75.